The molecule has 0 bridgehead atoms. The zero-order valence-corrected chi connectivity index (χ0v) is 18.9. The van der Waals surface area contributed by atoms with E-state index in [1.165, 1.54) is 10.9 Å². The van der Waals surface area contributed by atoms with Crippen molar-refractivity contribution in [2.24, 2.45) is 7.05 Å². The Morgan fingerprint density at radius 3 is 2.66 bits per heavy atom. The number of fused-ring (bicyclic) bond motifs is 4. The van der Waals surface area contributed by atoms with Crippen LogP contribution in [-0.4, -0.2) is 70.8 Å². The van der Waals surface area contributed by atoms with Gasteiger partial charge < -0.3 is 24.2 Å². The molecule has 168 valence electrons. The van der Waals surface area contributed by atoms with Gasteiger partial charge in [-0.2, -0.15) is 0 Å². The molecule has 2 aromatic heterocycles. The number of rotatable bonds is 3. The minimum atomic E-state index is -0.423. The summed E-state index contributed by atoms with van der Waals surface area (Å²) in [6, 6.07) is 11.2. The third-order valence-electron chi connectivity index (χ3n) is 7.41. The number of aromatic nitrogens is 2. The Balaban J connectivity index is 1.73. The van der Waals surface area contributed by atoms with Crippen molar-refractivity contribution in [3.05, 3.63) is 59.5 Å². The third kappa shape index (κ3) is 3.11. The van der Waals surface area contributed by atoms with Crippen LogP contribution in [0.15, 0.2) is 42.6 Å². The Morgan fingerprint density at radius 1 is 1.22 bits per heavy atom. The molecule has 1 aromatic carbocycles. The van der Waals surface area contributed by atoms with Gasteiger partial charge >= 0.3 is 0 Å². The molecular formula is C25H30N4O3. The lowest BCUT2D eigenvalue weighted by Crippen LogP contribution is -2.55. The molecule has 1 amide bonds. The number of aliphatic hydroxyl groups is 1. The second-order valence-corrected chi connectivity index (χ2v) is 9.13. The number of ether oxygens (including phenoxy) is 1. The van der Waals surface area contributed by atoms with Crippen LogP contribution in [0.3, 0.4) is 0 Å². The maximum Gasteiger partial charge on any atom is 0.273 e. The van der Waals surface area contributed by atoms with Crippen molar-refractivity contribution in [2.75, 3.05) is 40.4 Å². The molecule has 0 aliphatic carbocycles. The number of likely N-dealkylation sites (tertiary alicyclic amines) is 1. The minimum absolute atomic E-state index is 0.128. The van der Waals surface area contributed by atoms with Gasteiger partial charge in [-0.25, -0.2) is 0 Å². The van der Waals surface area contributed by atoms with E-state index in [0.717, 1.165) is 42.9 Å². The number of carbonyl (C=O) groups excluding carboxylic acids is 1. The number of nitrogens with zero attached hydrogens (tertiary/aromatic N) is 4. The summed E-state index contributed by atoms with van der Waals surface area (Å²) in [6.45, 7) is 2.39. The predicted octanol–water partition coefficient (Wildman–Crippen LogP) is 2.73. The molecule has 0 saturated carbocycles. The van der Waals surface area contributed by atoms with Crippen molar-refractivity contribution < 1.29 is 14.6 Å². The highest BCUT2D eigenvalue weighted by atomic mass is 16.5. The van der Waals surface area contributed by atoms with Gasteiger partial charge in [-0.3, -0.25) is 9.78 Å². The normalized spacial score (nSPS) is 20.5. The zero-order valence-electron chi connectivity index (χ0n) is 18.9. The van der Waals surface area contributed by atoms with Crippen LogP contribution in [0.2, 0.25) is 0 Å². The number of aryl methyl sites for hydroxylation is 1. The second kappa shape index (κ2) is 7.90. The number of carbonyl (C=O) groups is 1. The first kappa shape index (κ1) is 21.0. The first-order valence-corrected chi connectivity index (χ1v) is 11.2. The average Bonchev–Trinajstić information content (AvgIpc) is 3.13. The van der Waals surface area contributed by atoms with Gasteiger partial charge in [-0.15, -0.1) is 0 Å². The molecule has 1 atom stereocenters. The van der Waals surface area contributed by atoms with E-state index in [9.17, 15) is 9.90 Å². The van der Waals surface area contributed by atoms with E-state index in [2.05, 4.69) is 33.6 Å². The van der Waals surface area contributed by atoms with Gasteiger partial charge in [-0.1, -0.05) is 6.07 Å². The van der Waals surface area contributed by atoms with Crippen LogP contribution in [0.25, 0.3) is 10.9 Å². The minimum Gasteiger partial charge on any atom is -0.497 e. The molecule has 7 heteroatoms. The lowest BCUT2D eigenvalue weighted by atomic mass is 9.68. The van der Waals surface area contributed by atoms with E-state index in [0.29, 0.717) is 12.2 Å². The number of benzene rings is 1. The van der Waals surface area contributed by atoms with Crippen LogP contribution in [0, 0.1) is 0 Å². The maximum absolute atomic E-state index is 13.6. The molecule has 0 radical (unpaired) electrons. The van der Waals surface area contributed by atoms with Gasteiger partial charge in [0.05, 0.1) is 25.3 Å². The summed E-state index contributed by atoms with van der Waals surface area (Å²) in [5, 5.41) is 11.7. The van der Waals surface area contributed by atoms with Crippen LogP contribution in [-0.2, 0) is 12.5 Å². The number of hydrogen-bond acceptors (Lipinski definition) is 5. The summed E-state index contributed by atoms with van der Waals surface area (Å²) < 4.78 is 7.63. The van der Waals surface area contributed by atoms with Crippen molar-refractivity contribution >= 4 is 16.8 Å². The van der Waals surface area contributed by atoms with Crippen LogP contribution in [0.5, 0.6) is 5.75 Å². The first-order valence-electron chi connectivity index (χ1n) is 11.2. The molecule has 1 saturated heterocycles. The maximum atomic E-state index is 13.6. The van der Waals surface area contributed by atoms with Crippen molar-refractivity contribution in [1.29, 1.82) is 0 Å². The summed E-state index contributed by atoms with van der Waals surface area (Å²) in [6.07, 6.45) is 3.57. The fourth-order valence-electron chi connectivity index (χ4n) is 5.66. The quantitative estimate of drug-likeness (QED) is 0.686. The molecule has 1 fully saturated rings. The van der Waals surface area contributed by atoms with Crippen LogP contribution < -0.4 is 4.74 Å². The van der Waals surface area contributed by atoms with E-state index in [-0.39, 0.29) is 17.9 Å². The highest BCUT2D eigenvalue weighted by Gasteiger charge is 2.49. The monoisotopic (exact) mass is 434 g/mol. The average molecular weight is 435 g/mol. The SMILES string of the molecule is COc1ccc2c3c(n(C)c2c1)[C@@H](CO)N(C(=O)c1ccccn1)CC31CCN(C)CC1. The molecule has 5 rings (SSSR count). The molecular weight excluding hydrogens is 404 g/mol. The molecule has 2 aliphatic heterocycles. The van der Waals surface area contributed by atoms with E-state index < -0.39 is 6.04 Å². The second-order valence-electron chi connectivity index (χ2n) is 9.13. The number of pyridine rings is 1. The lowest BCUT2D eigenvalue weighted by molar-refractivity contribution is 0.0348. The molecule has 4 heterocycles. The van der Waals surface area contributed by atoms with Gasteiger partial charge in [0.25, 0.3) is 5.91 Å². The standard InChI is InChI=1S/C25H30N4O3/c1-27-12-9-25(10-13-27)16-29(24(31)19-6-4-5-11-26-19)21(15-30)23-22(25)18-8-7-17(32-3)14-20(18)28(23)2/h4-8,11,14,21,30H,9-10,12-13,15-16H2,1-3H3/t21-/m1/s1. The Bertz CT molecular complexity index is 1150. The first-order chi connectivity index (χ1) is 15.5. The van der Waals surface area contributed by atoms with E-state index in [1.54, 1.807) is 19.4 Å². The highest BCUT2D eigenvalue weighted by Crippen LogP contribution is 2.50. The molecule has 1 spiro atoms. The molecule has 3 aromatic rings. The molecule has 1 N–H and O–H groups in total. The molecule has 7 nitrogen and oxygen atoms in total. The number of methoxy groups -OCH3 is 1. The summed E-state index contributed by atoms with van der Waals surface area (Å²) in [5.41, 5.74) is 3.63. The topological polar surface area (TPSA) is 70.8 Å². The fraction of sp³-hybridized carbons (Fsp3) is 0.440. The Morgan fingerprint density at radius 2 is 2.00 bits per heavy atom. The third-order valence-corrected chi connectivity index (χ3v) is 7.41. The molecule has 32 heavy (non-hydrogen) atoms. The van der Waals surface area contributed by atoms with Gasteiger partial charge in [-0.05, 0) is 62.8 Å². The van der Waals surface area contributed by atoms with Gasteiger partial charge in [0, 0.05) is 42.4 Å². The van der Waals surface area contributed by atoms with Crippen molar-refractivity contribution in [1.82, 2.24) is 19.4 Å². The van der Waals surface area contributed by atoms with Crippen LogP contribution >= 0.6 is 0 Å². The van der Waals surface area contributed by atoms with Crippen molar-refractivity contribution in [3.8, 4) is 5.75 Å². The van der Waals surface area contributed by atoms with Crippen molar-refractivity contribution in [3.63, 3.8) is 0 Å². The highest BCUT2D eigenvalue weighted by molar-refractivity contribution is 5.94. The van der Waals surface area contributed by atoms with Crippen molar-refractivity contribution in [2.45, 2.75) is 24.3 Å². The summed E-state index contributed by atoms with van der Waals surface area (Å²) in [5.74, 6) is 0.672. The number of amides is 1. The van der Waals surface area contributed by atoms with E-state index >= 15 is 0 Å². The number of hydrogen-bond donors (Lipinski definition) is 1. The summed E-state index contributed by atoms with van der Waals surface area (Å²) in [7, 11) is 5.85. The van der Waals surface area contributed by atoms with E-state index in [1.807, 2.05) is 30.1 Å². The fourth-order valence-corrected chi connectivity index (χ4v) is 5.66. The Hall–Kier alpha value is -2.90. The summed E-state index contributed by atoms with van der Waals surface area (Å²) in [4.78, 5) is 22.1. The zero-order chi connectivity index (χ0) is 22.5. The van der Waals surface area contributed by atoms with Gasteiger partial charge in [0.2, 0.25) is 0 Å². The Labute approximate surface area is 188 Å². The summed E-state index contributed by atoms with van der Waals surface area (Å²) >= 11 is 0. The van der Waals surface area contributed by atoms with Crippen LogP contribution in [0.4, 0.5) is 0 Å². The van der Waals surface area contributed by atoms with Gasteiger partial charge in [0.15, 0.2) is 0 Å². The van der Waals surface area contributed by atoms with Crippen LogP contribution in [0.1, 0.15) is 40.6 Å². The predicted molar refractivity (Wildman–Crippen MR) is 123 cm³/mol. The lowest BCUT2D eigenvalue weighted by Gasteiger charge is -2.50. The van der Waals surface area contributed by atoms with Gasteiger partial charge in [0.1, 0.15) is 11.4 Å². The smallest absolute Gasteiger partial charge is 0.273 e. The molecule has 2 aliphatic rings. The van der Waals surface area contributed by atoms with E-state index in [4.69, 9.17) is 4.74 Å². The Kier molecular flexibility index (Phi) is 5.18. The molecule has 0 unspecified atom stereocenters. The number of aliphatic hydroxyl groups excluding tert-OH is 1. The largest absolute Gasteiger partial charge is 0.497 e. The number of piperidine rings is 1.